The summed E-state index contributed by atoms with van der Waals surface area (Å²) in [6.07, 6.45) is -3.40. The van der Waals surface area contributed by atoms with Gasteiger partial charge in [-0.05, 0) is 40.2 Å². The molecule has 1 heterocycles. The largest absolute Gasteiger partial charge is 0.573 e. The Morgan fingerprint density at radius 3 is 2.50 bits per heavy atom. The fraction of sp³-hybridized carbons (Fsp3) is 0.0769. The number of pyridine rings is 1. The van der Waals surface area contributed by atoms with Gasteiger partial charge >= 0.3 is 6.36 Å². The van der Waals surface area contributed by atoms with E-state index in [1.807, 2.05) is 0 Å². The molecule has 0 aliphatic carbocycles. The molecule has 7 heteroatoms. The Labute approximate surface area is 120 Å². The zero-order valence-electron chi connectivity index (χ0n) is 9.82. The van der Waals surface area contributed by atoms with Gasteiger partial charge in [0, 0.05) is 11.8 Å². The number of ketones is 1. The van der Waals surface area contributed by atoms with E-state index in [2.05, 4.69) is 25.7 Å². The van der Waals surface area contributed by atoms with Crippen LogP contribution < -0.4 is 4.74 Å². The predicted molar refractivity (Wildman–Crippen MR) is 68.5 cm³/mol. The third-order valence-corrected chi connectivity index (χ3v) is 3.15. The lowest BCUT2D eigenvalue weighted by atomic mass is 10.1. The SMILES string of the molecule is O=C(c1ccccn1)c1cccc(OC(F)(F)F)c1Br. The molecule has 3 nitrogen and oxygen atoms in total. The number of ether oxygens (including phenoxy) is 1. The number of aromatic nitrogens is 1. The fourth-order valence-electron chi connectivity index (χ4n) is 1.52. The standard InChI is InChI=1S/C13H7BrF3NO2/c14-11-8(12(19)9-5-1-2-7-18-9)4-3-6-10(11)20-13(15,16)17/h1-7H. The molecule has 0 atom stereocenters. The highest BCUT2D eigenvalue weighted by molar-refractivity contribution is 9.10. The van der Waals surface area contributed by atoms with Crippen LogP contribution in [0.4, 0.5) is 13.2 Å². The van der Waals surface area contributed by atoms with Crippen molar-refractivity contribution in [1.82, 2.24) is 4.98 Å². The van der Waals surface area contributed by atoms with Crippen molar-refractivity contribution < 1.29 is 22.7 Å². The van der Waals surface area contributed by atoms with Crippen molar-refractivity contribution in [3.63, 3.8) is 0 Å². The van der Waals surface area contributed by atoms with Gasteiger partial charge in [0.1, 0.15) is 11.4 Å². The number of hydrogen-bond donors (Lipinski definition) is 0. The molecule has 0 aliphatic rings. The van der Waals surface area contributed by atoms with Crippen LogP contribution in [0.25, 0.3) is 0 Å². The Kier molecular flexibility index (Phi) is 4.08. The molecule has 0 saturated carbocycles. The smallest absolute Gasteiger partial charge is 0.405 e. The van der Waals surface area contributed by atoms with Gasteiger partial charge in [-0.1, -0.05) is 12.1 Å². The van der Waals surface area contributed by atoms with Crippen molar-refractivity contribution in [2.45, 2.75) is 6.36 Å². The average molecular weight is 346 g/mol. The molecule has 1 aromatic heterocycles. The van der Waals surface area contributed by atoms with Gasteiger partial charge in [0.05, 0.1) is 4.47 Å². The first kappa shape index (κ1) is 14.5. The summed E-state index contributed by atoms with van der Waals surface area (Å²) in [5, 5.41) is 0. The summed E-state index contributed by atoms with van der Waals surface area (Å²) in [6, 6.07) is 8.55. The van der Waals surface area contributed by atoms with Gasteiger partial charge in [0.15, 0.2) is 0 Å². The minimum atomic E-state index is -4.82. The highest BCUT2D eigenvalue weighted by Gasteiger charge is 2.32. The van der Waals surface area contributed by atoms with Gasteiger partial charge in [0.25, 0.3) is 0 Å². The molecule has 104 valence electrons. The van der Waals surface area contributed by atoms with E-state index in [1.165, 1.54) is 24.4 Å². The molecule has 0 saturated heterocycles. The van der Waals surface area contributed by atoms with Crippen LogP contribution in [0.1, 0.15) is 16.1 Å². The quantitative estimate of drug-likeness (QED) is 0.790. The molecule has 0 aliphatic heterocycles. The Hall–Kier alpha value is -1.89. The summed E-state index contributed by atoms with van der Waals surface area (Å²) in [4.78, 5) is 16.0. The van der Waals surface area contributed by atoms with Crippen LogP contribution in [-0.4, -0.2) is 17.1 Å². The van der Waals surface area contributed by atoms with Crippen molar-refractivity contribution in [2.75, 3.05) is 0 Å². The third-order valence-electron chi connectivity index (χ3n) is 2.33. The van der Waals surface area contributed by atoms with Gasteiger partial charge in [-0.15, -0.1) is 13.2 Å². The number of benzene rings is 1. The lowest BCUT2D eigenvalue weighted by molar-refractivity contribution is -0.274. The Balaban J connectivity index is 2.39. The molecule has 0 bridgehead atoms. The summed E-state index contributed by atoms with van der Waals surface area (Å²) in [5.41, 5.74) is 0.183. The van der Waals surface area contributed by atoms with E-state index in [0.29, 0.717) is 0 Å². The van der Waals surface area contributed by atoms with E-state index in [4.69, 9.17) is 0 Å². The molecule has 0 unspecified atom stereocenters. The zero-order valence-corrected chi connectivity index (χ0v) is 11.4. The molecule has 0 radical (unpaired) electrons. The van der Waals surface area contributed by atoms with Gasteiger partial charge in [-0.25, -0.2) is 0 Å². The minimum Gasteiger partial charge on any atom is -0.405 e. The van der Waals surface area contributed by atoms with E-state index in [1.54, 1.807) is 12.1 Å². The number of alkyl halides is 3. The third kappa shape index (κ3) is 3.36. The molecule has 1 aromatic carbocycles. The van der Waals surface area contributed by atoms with E-state index in [9.17, 15) is 18.0 Å². The van der Waals surface area contributed by atoms with Crippen LogP contribution in [0.15, 0.2) is 47.1 Å². The number of hydrogen-bond acceptors (Lipinski definition) is 3. The lowest BCUT2D eigenvalue weighted by Gasteiger charge is -2.12. The predicted octanol–water partition coefficient (Wildman–Crippen LogP) is 3.97. The second-order valence-corrected chi connectivity index (χ2v) is 4.50. The van der Waals surface area contributed by atoms with Gasteiger partial charge < -0.3 is 4.74 Å². The maximum atomic E-state index is 12.2. The van der Waals surface area contributed by atoms with E-state index in [-0.39, 0.29) is 15.7 Å². The second-order valence-electron chi connectivity index (χ2n) is 3.71. The van der Waals surface area contributed by atoms with Gasteiger partial charge in [-0.3, -0.25) is 9.78 Å². The Morgan fingerprint density at radius 1 is 1.15 bits per heavy atom. The van der Waals surface area contributed by atoms with Crippen LogP contribution in [0.2, 0.25) is 0 Å². The van der Waals surface area contributed by atoms with Crippen LogP contribution in [-0.2, 0) is 0 Å². The Bertz CT molecular complexity index is 629. The number of nitrogens with zero attached hydrogens (tertiary/aromatic N) is 1. The first-order chi connectivity index (χ1) is 9.38. The van der Waals surface area contributed by atoms with Crippen LogP contribution in [0.3, 0.4) is 0 Å². The van der Waals surface area contributed by atoms with Crippen molar-refractivity contribution in [3.8, 4) is 5.75 Å². The maximum Gasteiger partial charge on any atom is 0.573 e. The maximum absolute atomic E-state index is 12.2. The molecular formula is C13H7BrF3NO2. The summed E-state index contributed by atoms with van der Waals surface area (Å²) in [5.74, 6) is -0.968. The summed E-state index contributed by atoms with van der Waals surface area (Å²) in [6.45, 7) is 0. The molecule has 0 amide bonds. The molecular weight excluding hydrogens is 339 g/mol. The monoisotopic (exact) mass is 345 g/mol. The van der Waals surface area contributed by atoms with E-state index >= 15 is 0 Å². The summed E-state index contributed by atoms with van der Waals surface area (Å²) >= 11 is 2.96. The molecule has 0 spiro atoms. The number of rotatable bonds is 3. The number of carbonyl (C=O) groups is 1. The van der Waals surface area contributed by atoms with E-state index < -0.39 is 17.9 Å². The number of halogens is 4. The molecule has 2 rings (SSSR count). The van der Waals surface area contributed by atoms with E-state index in [0.717, 1.165) is 6.07 Å². The van der Waals surface area contributed by atoms with Crippen molar-refractivity contribution in [2.24, 2.45) is 0 Å². The molecule has 2 aromatic rings. The summed E-state index contributed by atoms with van der Waals surface area (Å²) in [7, 11) is 0. The number of carbonyl (C=O) groups excluding carboxylic acids is 1. The Morgan fingerprint density at radius 2 is 1.90 bits per heavy atom. The molecule has 20 heavy (non-hydrogen) atoms. The van der Waals surface area contributed by atoms with Gasteiger partial charge in [0.2, 0.25) is 5.78 Å². The highest BCUT2D eigenvalue weighted by Crippen LogP contribution is 2.33. The first-order valence-electron chi connectivity index (χ1n) is 5.38. The highest BCUT2D eigenvalue weighted by atomic mass is 79.9. The minimum absolute atomic E-state index is 0.0467. The van der Waals surface area contributed by atoms with Crippen molar-refractivity contribution in [3.05, 3.63) is 58.3 Å². The van der Waals surface area contributed by atoms with Crippen LogP contribution in [0.5, 0.6) is 5.75 Å². The average Bonchev–Trinajstić information content (AvgIpc) is 2.40. The van der Waals surface area contributed by atoms with Crippen LogP contribution >= 0.6 is 15.9 Å². The van der Waals surface area contributed by atoms with Crippen molar-refractivity contribution in [1.29, 1.82) is 0 Å². The van der Waals surface area contributed by atoms with Gasteiger partial charge in [-0.2, -0.15) is 0 Å². The summed E-state index contributed by atoms with van der Waals surface area (Å²) < 4.78 is 40.5. The first-order valence-corrected chi connectivity index (χ1v) is 6.18. The molecule has 0 fully saturated rings. The normalized spacial score (nSPS) is 11.2. The topological polar surface area (TPSA) is 39.2 Å². The zero-order chi connectivity index (χ0) is 14.8. The molecule has 0 N–H and O–H groups in total. The fourth-order valence-corrected chi connectivity index (χ4v) is 2.05. The van der Waals surface area contributed by atoms with Crippen LogP contribution in [0, 0.1) is 0 Å². The van der Waals surface area contributed by atoms with Crippen molar-refractivity contribution >= 4 is 21.7 Å². The second kappa shape index (κ2) is 5.62. The lowest BCUT2D eigenvalue weighted by Crippen LogP contribution is -2.18.